The minimum atomic E-state index is -0.888. The van der Waals surface area contributed by atoms with E-state index < -0.39 is 12.1 Å². The number of oxazole rings is 1. The minimum Gasteiger partial charge on any atom is -0.453 e. The zero-order chi connectivity index (χ0) is 20.1. The summed E-state index contributed by atoms with van der Waals surface area (Å²) in [6.45, 7) is 5.77. The summed E-state index contributed by atoms with van der Waals surface area (Å²) in [5.41, 5.74) is 3.30. The molecule has 146 valence electrons. The molecule has 1 amide bonds. The van der Waals surface area contributed by atoms with E-state index in [0.717, 1.165) is 5.52 Å². The fraction of sp³-hybridized carbons (Fsp3) is 0.318. The molecule has 0 spiro atoms. The van der Waals surface area contributed by atoms with Crippen LogP contribution in [0.25, 0.3) is 11.1 Å². The van der Waals surface area contributed by atoms with Crippen LogP contribution in [0.2, 0.25) is 0 Å². The lowest BCUT2D eigenvalue weighted by molar-refractivity contribution is -0.153. The maximum atomic E-state index is 12.2. The molecular formula is C22H24N2O4. The third-order valence-corrected chi connectivity index (χ3v) is 4.40. The molecule has 0 aliphatic carbocycles. The number of nitrogens with zero attached hydrogens (tertiary/aromatic N) is 1. The standard InChI is InChI=1S/C22H24N2O4/c1-14(2)16-8-10-17(11-9-16)23-22(26)15(3)27-21(25)13-12-20-24-18-6-4-5-7-19(18)28-20/h4-11,14-15H,12-13H2,1-3H3,(H,23,26)/t15-/m0/s1. The normalized spacial score (nSPS) is 12.1. The molecule has 1 atom stereocenters. The zero-order valence-electron chi connectivity index (χ0n) is 16.3. The monoisotopic (exact) mass is 380 g/mol. The van der Waals surface area contributed by atoms with E-state index in [2.05, 4.69) is 24.1 Å². The Morgan fingerprint density at radius 1 is 1.07 bits per heavy atom. The van der Waals surface area contributed by atoms with Crippen LogP contribution in [0.3, 0.4) is 0 Å². The Hall–Kier alpha value is -3.15. The van der Waals surface area contributed by atoms with Crippen molar-refractivity contribution in [2.75, 3.05) is 5.32 Å². The molecule has 3 rings (SSSR count). The highest BCUT2D eigenvalue weighted by Gasteiger charge is 2.18. The van der Waals surface area contributed by atoms with Gasteiger partial charge in [-0.1, -0.05) is 38.1 Å². The van der Waals surface area contributed by atoms with Gasteiger partial charge in [0.1, 0.15) is 5.52 Å². The zero-order valence-corrected chi connectivity index (χ0v) is 16.3. The summed E-state index contributed by atoms with van der Waals surface area (Å²) in [6, 6.07) is 15.0. The van der Waals surface area contributed by atoms with Gasteiger partial charge in [-0.05, 0) is 42.7 Å². The number of carbonyl (C=O) groups is 2. The van der Waals surface area contributed by atoms with E-state index in [-0.39, 0.29) is 12.3 Å². The van der Waals surface area contributed by atoms with Crippen molar-refractivity contribution >= 4 is 28.7 Å². The SMILES string of the molecule is CC(C)c1ccc(NC(=O)[C@H](C)OC(=O)CCc2nc3ccccc3o2)cc1. The van der Waals surface area contributed by atoms with E-state index in [1.54, 1.807) is 6.92 Å². The number of hydrogen-bond donors (Lipinski definition) is 1. The molecular weight excluding hydrogens is 356 g/mol. The van der Waals surface area contributed by atoms with Crippen LogP contribution in [0.15, 0.2) is 52.9 Å². The predicted octanol–water partition coefficient (Wildman–Crippen LogP) is 4.45. The molecule has 0 aliphatic heterocycles. The molecule has 0 fully saturated rings. The highest BCUT2D eigenvalue weighted by molar-refractivity contribution is 5.95. The number of hydrogen-bond acceptors (Lipinski definition) is 5. The Bertz CT molecular complexity index is 927. The molecule has 0 saturated heterocycles. The number of amides is 1. The van der Waals surface area contributed by atoms with Gasteiger partial charge in [-0.2, -0.15) is 0 Å². The van der Waals surface area contributed by atoms with Gasteiger partial charge < -0.3 is 14.5 Å². The van der Waals surface area contributed by atoms with Crippen LogP contribution in [-0.4, -0.2) is 23.0 Å². The Balaban J connectivity index is 1.48. The number of rotatable bonds is 7. The van der Waals surface area contributed by atoms with Gasteiger partial charge >= 0.3 is 5.97 Å². The summed E-state index contributed by atoms with van der Waals surface area (Å²) in [4.78, 5) is 28.6. The molecule has 0 unspecified atom stereocenters. The predicted molar refractivity (Wildman–Crippen MR) is 107 cm³/mol. The second-order valence-electron chi connectivity index (χ2n) is 6.97. The number of anilines is 1. The lowest BCUT2D eigenvalue weighted by Crippen LogP contribution is -2.30. The summed E-state index contributed by atoms with van der Waals surface area (Å²) < 4.78 is 10.8. The van der Waals surface area contributed by atoms with Gasteiger partial charge in [-0.25, -0.2) is 4.98 Å². The molecule has 1 aromatic heterocycles. The van der Waals surface area contributed by atoms with E-state index >= 15 is 0 Å². The number of benzene rings is 2. The number of ether oxygens (including phenoxy) is 1. The third kappa shape index (κ3) is 4.97. The van der Waals surface area contributed by atoms with Crippen LogP contribution >= 0.6 is 0 Å². The molecule has 6 heteroatoms. The average molecular weight is 380 g/mol. The van der Waals surface area contributed by atoms with Gasteiger partial charge in [0, 0.05) is 12.1 Å². The van der Waals surface area contributed by atoms with Gasteiger partial charge in [0.25, 0.3) is 5.91 Å². The summed E-state index contributed by atoms with van der Waals surface area (Å²) in [5, 5.41) is 2.76. The van der Waals surface area contributed by atoms with E-state index in [1.165, 1.54) is 5.56 Å². The first-order chi connectivity index (χ1) is 13.4. The van der Waals surface area contributed by atoms with Crippen molar-refractivity contribution in [3.05, 3.63) is 60.0 Å². The largest absolute Gasteiger partial charge is 0.453 e. The topological polar surface area (TPSA) is 81.4 Å². The second kappa shape index (κ2) is 8.69. The fourth-order valence-corrected chi connectivity index (χ4v) is 2.74. The number of carbonyl (C=O) groups excluding carboxylic acids is 2. The molecule has 28 heavy (non-hydrogen) atoms. The van der Waals surface area contributed by atoms with E-state index in [1.807, 2.05) is 48.5 Å². The molecule has 3 aromatic rings. The summed E-state index contributed by atoms with van der Waals surface area (Å²) in [7, 11) is 0. The number of aromatic nitrogens is 1. The van der Waals surface area contributed by atoms with Crippen LogP contribution in [0, 0.1) is 0 Å². The summed E-state index contributed by atoms with van der Waals surface area (Å²) in [5.74, 6) is 0.0546. The second-order valence-corrected chi connectivity index (χ2v) is 6.97. The third-order valence-electron chi connectivity index (χ3n) is 4.40. The van der Waals surface area contributed by atoms with Gasteiger partial charge in [-0.15, -0.1) is 0 Å². The molecule has 0 bridgehead atoms. The van der Waals surface area contributed by atoms with Gasteiger partial charge in [0.15, 0.2) is 17.6 Å². The van der Waals surface area contributed by atoms with Gasteiger partial charge in [0.05, 0.1) is 6.42 Å². The molecule has 0 saturated carbocycles. The maximum absolute atomic E-state index is 12.2. The van der Waals surface area contributed by atoms with Crippen molar-refractivity contribution in [2.24, 2.45) is 0 Å². The highest BCUT2D eigenvalue weighted by atomic mass is 16.5. The number of fused-ring (bicyclic) bond motifs is 1. The van der Waals surface area contributed by atoms with Gasteiger partial charge in [0.2, 0.25) is 0 Å². The first kappa shape index (κ1) is 19.6. The van der Waals surface area contributed by atoms with Crippen LogP contribution < -0.4 is 5.32 Å². The van der Waals surface area contributed by atoms with Crippen molar-refractivity contribution in [3.63, 3.8) is 0 Å². The molecule has 0 aliphatic rings. The smallest absolute Gasteiger partial charge is 0.307 e. The Labute approximate surface area is 163 Å². The van der Waals surface area contributed by atoms with Crippen LogP contribution in [0.1, 0.15) is 44.6 Å². The first-order valence-corrected chi connectivity index (χ1v) is 9.37. The van der Waals surface area contributed by atoms with E-state index in [0.29, 0.717) is 29.5 Å². The summed E-state index contributed by atoms with van der Waals surface area (Å²) >= 11 is 0. The van der Waals surface area contributed by atoms with Crippen LogP contribution in [0.5, 0.6) is 0 Å². The van der Waals surface area contributed by atoms with Crippen molar-refractivity contribution in [3.8, 4) is 0 Å². The lowest BCUT2D eigenvalue weighted by atomic mass is 10.0. The first-order valence-electron chi connectivity index (χ1n) is 9.37. The molecule has 0 radical (unpaired) electrons. The summed E-state index contributed by atoms with van der Waals surface area (Å²) in [6.07, 6.45) is -0.479. The van der Waals surface area contributed by atoms with Crippen molar-refractivity contribution in [1.82, 2.24) is 4.98 Å². The number of esters is 1. The van der Waals surface area contributed by atoms with Crippen molar-refractivity contribution in [1.29, 1.82) is 0 Å². The van der Waals surface area contributed by atoms with Crippen molar-refractivity contribution < 1.29 is 18.7 Å². The Morgan fingerprint density at radius 3 is 2.46 bits per heavy atom. The quantitative estimate of drug-likeness (QED) is 0.612. The number of aryl methyl sites for hydroxylation is 1. The van der Waals surface area contributed by atoms with Crippen molar-refractivity contribution in [2.45, 2.75) is 45.6 Å². The van der Waals surface area contributed by atoms with E-state index in [9.17, 15) is 9.59 Å². The lowest BCUT2D eigenvalue weighted by Gasteiger charge is -2.14. The Morgan fingerprint density at radius 2 is 1.79 bits per heavy atom. The molecule has 1 heterocycles. The average Bonchev–Trinajstić information content (AvgIpc) is 3.09. The maximum Gasteiger partial charge on any atom is 0.307 e. The number of nitrogens with one attached hydrogen (secondary N) is 1. The Kier molecular flexibility index (Phi) is 6.09. The fourth-order valence-electron chi connectivity index (χ4n) is 2.74. The van der Waals surface area contributed by atoms with Crippen LogP contribution in [-0.2, 0) is 20.7 Å². The minimum absolute atomic E-state index is 0.0908. The number of para-hydroxylation sites is 2. The molecule has 6 nitrogen and oxygen atoms in total. The molecule has 2 aromatic carbocycles. The molecule has 1 N–H and O–H groups in total. The van der Waals surface area contributed by atoms with E-state index in [4.69, 9.17) is 9.15 Å². The highest BCUT2D eigenvalue weighted by Crippen LogP contribution is 2.18. The van der Waals surface area contributed by atoms with Gasteiger partial charge in [-0.3, -0.25) is 9.59 Å². The van der Waals surface area contributed by atoms with Crippen LogP contribution in [0.4, 0.5) is 5.69 Å².